The monoisotopic (exact) mass is 325 g/mol. The number of methoxy groups -OCH3 is 1. The number of rotatable bonds is 6. The van der Waals surface area contributed by atoms with Gasteiger partial charge in [0, 0.05) is 11.1 Å². The van der Waals surface area contributed by atoms with E-state index in [2.05, 4.69) is 11.9 Å². The van der Waals surface area contributed by atoms with E-state index >= 15 is 0 Å². The summed E-state index contributed by atoms with van der Waals surface area (Å²) in [6.07, 6.45) is 3.38. The van der Waals surface area contributed by atoms with Crippen LogP contribution in [0.1, 0.15) is 25.3 Å². The molecule has 0 spiro atoms. The average molecular weight is 325 g/mol. The molecule has 0 saturated carbocycles. The summed E-state index contributed by atoms with van der Waals surface area (Å²) in [6, 6.07) is 15.0. The highest BCUT2D eigenvalue weighted by Crippen LogP contribution is 2.30. The maximum atomic E-state index is 14.2. The van der Waals surface area contributed by atoms with Crippen LogP contribution in [-0.2, 0) is 6.42 Å². The van der Waals surface area contributed by atoms with Gasteiger partial charge in [-0.2, -0.15) is 9.37 Å². The molecule has 4 heteroatoms. The third-order valence-corrected chi connectivity index (χ3v) is 3.96. The molecule has 0 unspecified atom stereocenters. The molecule has 0 aliphatic rings. The van der Waals surface area contributed by atoms with Gasteiger partial charge in [0.25, 0.3) is 5.95 Å². The van der Waals surface area contributed by atoms with Crippen LogP contribution in [0.4, 0.5) is 4.39 Å². The molecule has 124 valence electrons. The molecule has 0 aliphatic carbocycles. The average Bonchev–Trinajstić information content (AvgIpc) is 3.02. The third kappa shape index (κ3) is 3.48. The lowest BCUT2D eigenvalue weighted by atomic mass is 10.1. The van der Waals surface area contributed by atoms with E-state index in [9.17, 15) is 4.39 Å². The number of benzene rings is 2. The van der Waals surface area contributed by atoms with Gasteiger partial charge in [-0.25, -0.2) is 0 Å². The summed E-state index contributed by atoms with van der Waals surface area (Å²) in [5.41, 5.74) is 2.67. The number of aromatic nitrogens is 1. The summed E-state index contributed by atoms with van der Waals surface area (Å²) in [6.45, 7) is 2.17. The van der Waals surface area contributed by atoms with Crippen LogP contribution >= 0.6 is 0 Å². The highest BCUT2D eigenvalue weighted by atomic mass is 19.1. The van der Waals surface area contributed by atoms with Gasteiger partial charge < -0.3 is 9.15 Å². The number of oxazole rings is 1. The number of unbranched alkanes of at least 4 members (excludes halogenated alkanes) is 1. The summed E-state index contributed by atoms with van der Waals surface area (Å²) in [4.78, 5) is 3.93. The van der Waals surface area contributed by atoms with E-state index in [0.717, 1.165) is 24.8 Å². The second-order valence-corrected chi connectivity index (χ2v) is 5.67. The normalized spacial score (nSPS) is 10.8. The van der Waals surface area contributed by atoms with Gasteiger partial charge >= 0.3 is 0 Å². The van der Waals surface area contributed by atoms with Crippen LogP contribution in [-0.4, -0.2) is 12.1 Å². The molecule has 0 bridgehead atoms. The summed E-state index contributed by atoms with van der Waals surface area (Å²) >= 11 is 0. The van der Waals surface area contributed by atoms with E-state index in [1.807, 2.05) is 24.3 Å². The van der Waals surface area contributed by atoms with Gasteiger partial charge in [-0.05, 0) is 54.8 Å². The first-order valence-corrected chi connectivity index (χ1v) is 8.11. The number of halogens is 1. The number of nitrogens with zero attached hydrogens (tertiary/aromatic N) is 1. The van der Waals surface area contributed by atoms with Crippen molar-refractivity contribution in [3.8, 4) is 28.5 Å². The van der Waals surface area contributed by atoms with Crippen LogP contribution in [0.3, 0.4) is 0 Å². The highest BCUT2D eigenvalue weighted by molar-refractivity contribution is 5.62. The van der Waals surface area contributed by atoms with Gasteiger partial charge in [0.2, 0.25) is 5.89 Å². The van der Waals surface area contributed by atoms with Crippen molar-refractivity contribution in [2.75, 3.05) is 7.11 Å². The van der Waals surface area contributed by atoms with Crippen molar-refractivity contribution in [2.45, 2.75) is 26.2 Å². The van der Waals surface area contributed by atoms with Gasteiger partial charge in [0.1, 0.15) is 5.75 Å². The fraction of sp³-hybridized carbons (Fsp3) is 0.250. The van der Waals surface area contributed by atoms with E-state index in [1.165, 1.54) is 5.56 Å². The Morgan fingerprint density at radius 1 is 1.00 bits per heavy atom. The molecule has 24 heavy (non-hydrogen) atoms. The number of hydrogen-bond acceptors (Lipinski definition) is 3. The van der Waals surface area contributed by atoms with Gasteiger partial charge in [-0.15, -0.1) is 0 Å². The Kier molecular flexibility index (Phi) is 4.94. The van der Waals surface area contributed by atoms with E-state index in [4.69, 9.17) is 9.15 Å². The molecular formula is C20H20FNO2. The Hall–Kier alpha value is -2.62. The Balaban J connectivity index is 1.85. The molecule has 0 aliphatic heterocycles. The van der Waals surface area contributed by atoms with Crippen LogP contribution in [0.25, 0.3) is 22.8 Å². The summed E-state index contributed by atoms with van der Waals surface area (Å²) in [5.74, 6) is 0.537. The smallest absolute Gasteiger partial charge is 0.259 e. The Bertz CT molecular complexity index is 792. The molecule has 3 nitrogen and oxygen atoms in total. The first-order chi connectivity index (χ1) is 11.7. The molecule has 0 atom stereocenters. The molecule has 0 fully saturated rings. The zero-order chi connectivity index (χ0) is 16.9. The van der Waals surface area contributed by atoms with E-state index in [-0.39, 0.29) is 5.76 Å². The third-order valence-electron chi connectivity index (χ3n) is 3.96. The summed E-state index contributed by atoms with van der Waals surface area (Å²) in [7, 11) is 1.59. The summed E-state index contributed by atoms with van der Waals surface area (Å²) in [5, 5.41) is 0. The SMILES string of the molecule is CCCCc1ccc(-c2nc(F)c(-c3ccc(OC)cc3)o2)cc1. The van der Waals surface area contributed by atoms with Gasteiger partial charge in [-0.3, -0.25) is 0 Å². The topological polar surface area (TPSA) is 35.3 Å². The Morgan fingerprint density at radius 2 is 1.67 bits per heavy atom. The number of ether oxygens (including phenoxy) is 1. The molecule has 0 N–H and O–H groups in total. The Labute approximate surface area is 141 Å². The minimum atomic E-state index is -0.606. The zero-order valence-electron chi connectivity index (χ0n) is 13.9. The van der Waals surface area contributed by atoms with Crippen molar-refractivity contribution in [3.63, 3.8) is 0 Å². The highest BCUT2D eigenvalue weighted by Gasteiger charge is 2.16. The Morgan fingerprint density at radius 3 is 2.29 bits per heavy atom. The van der Waals surface area contributed by atoms with Gasteiger partial charge in [-0.1, -0.05) is 25.5 Å². The molecular weight excluding hydrogens is 305 g/mol. The van der Waals surface area contributed by atoms with Crippen molar-refractivity contribution in [3.05, 3.63) is 60.0 Å². The van der Waals surface area contributed by atoms with Crippen molar-refractivity contribution in [2.24, 2.45) is 0 Å². The zero-order valence-corrected chi connectivity index (χ0v) is 13.9. The number of aryl methyl sites for hydroxylation is 1. The standard InChI is InChI=1S/C20H20FNO2/c1-3-4-5-14-6-8-16(9-7-14)20-22-19(21)18(24-20)15-10-12-17(23-2)13-11-15/h6-13H,3-5H2,1-2H3. The molecule has 1 aromatic heterocycles. The second-order valence-electron chi connectivity index (χ2n) is 5.67. The number of hydrogen-bond donors (Lipinski definition) is 0. The predicted molar refractivity (Wildman–Crippen MR) is 92.5 cm³/mol. The van der Waals surface area contributed by atoms with Crippen LogP contribution in [0, 0.1) is 5.95 Å². The maximum Gasteiger partial charge on any atom is 0.259 e. The first-order valence-electron chi connectivity index (χ1n) is 8.11. The molecule has 0 amide bonds. The minimum Gasteiger partial charge on any atom is -0.497 e. The predicted octanol–water partition coefficient (Wildman–Crippen LogP) is 5.50. The lowest BCUT2D eigenvalue weighted by molar-refractivity contribution is 0.415. The quantitative estimate of drug-likeness (QED) is 0.600. The fourth-order valence-corrected chi connectivity index (χ4v) is 2.54. The van der Waals surface area contributed by atoms with E-state index in [1.54, 1.807) is 31.4 Å². The summed E-state index contributed by atoms with van der Waals surface area (Å²) < 4.78 is 24.9. The van der Waals surface area contributed by atoms with E-state index < -0.39 is 5.95 Å². The molecule has 2 aromatic carbocycles. The first kappa shape index (κ1) is 16.2. The van der Waals surface area contributed by atoms with Crippen LogP contribution in [0.15, 0.2) is 52.9 Å². The van der Waals surface area contributed by atoms with Crippen molar-refractivity contribution < 1.29 is 13.5 Å². The van der Waals surface area contributed by atoms with Crippen LogP contribution < -0.4 is 4.74 Å². The molecule has 3 aromatic rings. The van der Waals surface area contributed by atoms with Crippen molar-refractivity contribution in [1.29, 1.82) is 0 Å². The minimum absolute atomic E-state index is 0.141. The molecule has 3 rings (SSSR count). The fourth-order valence-electron chi connectivity index (χ4n) is 2.54. The lowest BCUT2D eigenvalue weighted by Gasteiger charge is -2.01. The lowest BCUT2D eigenvalue weighted by Crippen LogP contribution is -1.85. The van der Waals surface area contributed by atoms with Crippen LogP contribution in [0.2, 0.25) is 0 Å². The molecule has 0 saturated heterocycles. The van der Waals surface area contributed by atoms with E-state index in [0.29, 0.717) is 17.2 Å². The second kappa shape index (κ2) is 7.30. The van der Waals surface area contributed by atoms with Crippen molar-refractivity contribution >= 4 is 0 Å². The molecule has 0 radical (unpaired) electrons. The largest absolute Gasteiger partial charge is 0.497 e. The van der Waals surface area contributed by atoms with Crippen LogP contribution in [0.5, 0.6) is 5.75 Å². The van der Waals surface area contributed by atoms with Crippen molar-refractivity contribution in [1.82, 2.24) is 4.98 Å². The molecule has 1 heterocycles. The van der Waals surface area contributed by atoms with Gasteiger partial charge in [0.05, 0.1) is 7.11 Å². The van der Waals surface area contributed by atoms with Gasteiger partial charge in [0.15, 0.2) is 5.76 Å². The maximum absolute atomic E-state index is 14.2.